The third-order valence-electron chi connectivity index (χ3n) is 4.06. The first-order valence-electron chi connectivity index (χ1n) is 7.76. The molecule has 0 spiro atoms. The average Bonchev–Trinajstić information content (AvgIpc) is 2.94. The minimum absolute atomic E-state index is 0.0617. The van der Waals surface area contributed by atoms with Gasteiger partial charge in [0.25, 0.3) is 0 Å². The van der Waals surface area contributed by atoms with Gasteiger partial charge >= 0.3 is 6.03 Å². The number of hydrogen-bond donors (Lipinski definition) is 3. The van der Waals surface area contributed by atoms with E-state index in [4.69, 9.17) is 0 Å². The van der Waals surface area contributed by atoms with E-state index >= 15 is 0 Å². The lowest BCUT2D eigenvalue weighted by Crippen LogP contribution is -2.33. The van der Waals surface area contributed by atoms with Crippen molar-refractivity contribution in [2.24, 2.45) is 5.92 Å². The van der Waals surface area contributed by atoms with Crippen molar-refractivity contribution in [2.45, 2.75) is 25.7 Å². The van der Waals surface area contributed by atoms with Crippen LogP contribution in [-0.2, 0) is 11.2 Å². The van der Waals surface area contributed by atoms with E-state index < -0.39 is 0 Å². The molecular formula is C16H21N3O2S. The van der Waals surface area contributed by atoms with Crippen LogP contribution >= 0.6 is 11.8 Å². The van der Waals surface area contributed by atoms with Crippen LogP contribution in [0.5, 0.6) is 0 Å². The Morgan fingerprint density at radius 3 is 3.09 bits per heavy atom. The number of urea groups is 1. The SMILES string of the molecule is O=C1CCCc2cc(NC(=O)NCC3CCSC3)ccc2N1. The zero-order chi connectivity index (χ0) is 15.4. The highest BCUT2D eigenvalue weighted by molar-refractivity contribution is 7.99. The summed E-state index contributed by atoms with van der Waals surface area (Å²) in [6.07, 6.45) is 3.43. The molecule has 5 nitrogen and oxygen atoms in total. The molecule has 1 aromatic rings. The molecule has 3 amide bonds. The lowest BCUT2D eigenvalue weighted by molar-refractivity contribution is -0.116. The molecule has 1 saturated heterocycles. The van der Waals surface area contributed by atoms with E-state index in [0.29, 0.717) is 12.3 Å². The van der Waals surface area contributed by atoms with Crippen LogP contribution in [0.2, 0.25) is 0 Å². The molecule has 2 aliphatic rings. The largest absolute Gasteiger partial charge is 0.338 e. The highest BCUT2D eigenvalue weighted by atomic mass is 32.2. The van der Waals surface area contributed by atoms with Gasteiger partial charge in [0.05, 0.1) is 0 Å². The number of carbonyl (C=O) groups is 2. The van der Waals surface area contributed by atoms with Crippen LogP contribution in [0.25, 0.3) is 0 Å². The van der Waals surface area contributed by atoms with E-state index in [9.17, 15) is 9.59 Å². The number of hydrogen-bond acceptors (Lipinski definition) is 3. The fraction of sp³-hybridized carbons (Fsp3) is 0.500. The predicted molar refractivity (Wildman–Crippen MR) is 90.5 cm³/mol. The molecular weight excluding hydrogens is 298 g/mol. The Bertz CT molecular complexity index is 571. The Morgan fingerprint density at radius 2 is 2.27 bits per heavy atom. The van der Waals surface area contributed by atoms with Crippen molar-refractivity contribution in [3.05, 3.63) is 23.8 Å². The zero-order valence-corrected chi connectivity index (χ0v) is 13.3. The summed E-state index contributed by atoms with van der Waals surface area (Å²) in [5, 5.41) is 8.71. The summed E-state index contributed by atoms with van der Waals surface area (Å²) in [7, 11) is 0. The Morgan fingerprint density at radius 1 is 1.36 bits per heavy atom. The molecule has 118 valence electrons. The lowest BCUT2D eigenvalue weighted by Gasteiger charge is -2.13. The van der Waals surface area contributed by atoms with Crippen LogP contribution in [0, 0.1) is 5.92 Å². The van der Waals surface area contributed by atoms with Crippen LogP contribution in [0.4, 0.5) is 16.2 Å². The molecule has 1 aromatic carbocycles. The van der Waals surface area contributed by atoms with E-state index in [-0.39, 0.29) is 11.9 Å². The van der Waals surface area contributed by atoms with Crippen molar-refractivity contribution in [1.29, 1.82) is 0 Å². The summed E-state index contributed by atoms with van der Waals surface area (Å²) in [6, 6.07) is 5.48. The third-order valence-corrected chi connectivity index (χ3v) is 5.29. The van der Waals surface area contributed by atoms with Crippen LogP contribution in [0.15, 0.2) is 18.2 Å². The van der Waals surface area contributed by atoms with E-state index in [0.717, 1.165) is 42.1 Å². The van der Waals surface area contributed by atoms with E-state index in [1.54, 1.807) is 0 Å². The predicted octanol–water partition coefficient (Wildman–Crippen LogP) is 2.84. The molecule has 22 heavy (non-hydrogen) atoms. The van der Waals surface area contributed by atoms with Crippen molar-refractivity contribution < 1.29 is 9.59 Å². The van der Waals surface area contributed by atoms with Crippen LogP contribution < -0.4 is 16.0 Å². The first kappa shape index (κ1) is 15.2. The molecule has 6 heteroatoms. The van der Waals surface area contributed by atoms with Crippen molar-refractivity contribution in [3.63, 3.8) is 0 Å². The van der Waals surface area contributed by atoms with Gasteiger partial charge in [-0.05, 0) is 60.4 Å². The molecule has 2 aliphatic heterocycles. The van der Waals surface area contributed by atoms with Gasteiger partial charge in [-0.2, -0.15) is 11.8 Å². The molecule has 2 heterocycles. The van der Waals surface area contributed by atoms with Crippen molar-refractivity contribution in [2.75, 3.05) is 28.7 Å². The third kappa shape index (κ3) is 3.94. The second-order valence-electron chi connectivity index (χ2n) is 5.84. The monoisotopic (exact) mass is 319 g/mol. The molecule has 3 N–H and O–H groups in total. The van der Waals surface area contributed by atoms with E-state index in [2.05, 4.69) is 16.0 Å². The average molecular weight is 319 g/mol. The molecule has 0 radical (unpaired) electrons. The highest BCUT2D eigenvalue weighted by Crippen LogP contribution is 2.25. The first-order chi connectivity index (χ1) is 10.7. The van der Waals surface area contributed by atoms with Crippen molar-refractivity contribution in [3.8, 4) is 0 Å². The smallest absolute Gasteiger partial charge is 0.319 e. The minimum Gasteiger partial charge on any atom is -0.338 e. The van der Waals surface area contributed by atoms with Gasteiger partial charge in [-0.15, -0.1) is 0 Å². The molecule has 1 unspecified atom stereocenters. The van der Waals surface area contributed by atoms with Crippen molar-refractivity contribution in [1.82, 2.24) is 5.32 Å². The molecule has 0 aliphatic carbocycles. The van der Waals surface area contributed by atoms with E-state index in [1.165, 1.54) is 12.2 Å². The number of anilines is 2. The quantitative estimate of drug-likeness (QED) is 0.802. The molecule has 0 saturated carbocycles. The summed E-state index contributed by atoms with van der Waals surface area (Å²) in [6.45, 7) is 0.736. The maximum absolute atomic E-state index is 12.0. The van der Waals surface area contributed by atoms with Crippen LogP contribution in [0.3, 0.4) is 0 Å². The summed E-state index contributed by atoms with van der Waals surface area (Å²) < 4.78 is 0. The van der Waals surface area contributed by atoms with Gasteiger partial charge in [0.1, 0.15) is 0 Å². The maximum atomic E-state index is 12.0. The van der Waals surface area contributed by atoms with E-state index in [1.807, 2.05) is 30.0 Å². The topological polar surface area (TPSA) is 70.2 Å². The number of rotatable bonds is 3. The van der Waals surface area contributed by atoms with Gasteiger partial charge < -0.3 is 16.0 Å². The molecule has 1 fully saturated rings. The Labute approximate surface area is 134 Å². The van der Waals surface area contributed by atoms with Gasteiger partial charge in [0.2, 0.25) is 5.91 Å². The number of fused-ring (bicyclic) bond motifs is 1. The maximum Gasteiger partial charge on any atom is 0.319 e. The highest BCUT2D eigenvalue weighted by Gasteiger charge is 2.17. The summed E-state index contributed by atoms with van der Waals surface area (Å²) in [5.41, 5.74) is 2.71. The number of carbonyl (C=O) groups excluding carboxylic acids is 2. The number of amides is 3. The van der Waals surface area contributed by atoms with Gasteiger partial charge in [-0.25, -0.2) is 4.79 Å². The second kappa shape index (κ2) is 7.05. The van der Waals surface area contributed by atoms with Crippen LogP contribution in [-0.4, -0.2) is 30.0 Å². The van der Waals surface area contributed by atoms with Crippen LogP contribution in [0.1, 0.15) is 24.8 Å². The number of thioether (sulfide) groups is 1. The standard InChI is InChI=1S/C16H21N3O2S/c20-15-3-1-2-12-8-13(4-5-14(12)19-15)18-16(21)17-9-11-6-7-22-10-11/h4-5,8,11H,1-3,6-7,9-10H2,(H,19,20)(H2,17,18,21). The Balaban J connectivity index is 1.57. The Kier molecular flexibility index (Phi) is 4.87. The first-order valence-corrected chi connectivity index (χ1v) is 8.91. The van der Waals surface area contributed by atoms with Gasteiger partial charge in [-0.1, -0.05) is 0 Å². The van der Waals surface area contributed by atoms with Gasteiger partial charge in [0, 0.05) is 24.3 Å². The number of benzene rings is 1. The van der Waals surface area contributed by atoms with Crippen molar-refractivity contribution >= 4 is 35.1 Å². The summed E-state index contributed by atoms with van der Waals surface area (Å²) in [4.78, 5) is 23.5. The normalized spacial score (nSPS) is 20.7. The fourth-order valence-corrected chi connectivity index (χ4v) is 4.09. The number of aryl methyl sites for hydroxylation is 1. The second-order valence-corrected chi connectivity index (χ2v) is 6.99. The Hall–Kier alpha value is -1.69. The fourth-order valence-electron chi connectivity index (χ4n) is 2.81. The molecule has 0 aromatic heterocycles. The van der Waals surface area contributed by atoms with Gasteiger partial charge in [-0.3, -0.25) is 4.79 Å². The summed E-state index contributed by atoms with van der Waals surface area (Å²) in [5.74, 6) is 2.99. The minimum atomic E-state index is -0.158. The lowest BCUT2D eigenvalue weighted by atomic mass is 10.1. The van der Waals surface area contributed by atoms with Gasteiger partial charge in [0.15, 0.2) is 0 Å². The molecule has 3 rings (SSSR count). The zero-order valence-electron chi connectivity index (χ0n) is 12.5. The number of nitrogens with one attached hydrogen (secondary N) is 3. The summed E-state index contributed by atoms with van der Waals surface area (Å²) >= 11 is 1.95. The molecule has 0 bridgehead atoms. The molecule has 1 atom stereocenters.